The normalized spacial score (nSPS) is 15.3. The summed E-state index contributed by atoms with van der Waals surface area (Å²) in [7, 11) is 0. The molecule has 0 unspecified atom stereocenters. The van der Waals surface area contributed by atoms with Gasteiger partial charge in [-0.3, -0.25) is 12.2 Å². The smallest absolute Gasteiger partial charge is 0.269 e. The first-order valence-corrected chi connectivity index (χ1v) is 11.3. The Labute approximate surface area is 181 Å². The van der Waals surface area contributed by atoms with Gasteiger partial charge in [-0.1, -0.05) is 105 Å². The summed E-state index contributed by atoms with van der Waals surface area (Å²) < 4.78 is 0. The molecule has 0 aromatic heterocycles. The van der Waals surface area contributed by atoms with Crippen molar-refractivity contribution in [2.45, 2.75) is 118 Å². The summed E-state index contributed by atoms with van der Waals surface area (Å²) in [6.45, 7) is 9.03. The Bertz CT molecular complexity index is 400. The van der Waals surface area contributed by atoms with E-state index in [4.69, 9.17) is 0 Å². The van der Waals surface area contributed by atoms with E-state index in [2.05, 4.69) is 52.0 Å². The first-order valence-electron chi connectivity index (χ1n) is 11.3. The molecule has 154 valence electrons. The van der Waals surface area contributed by atoms with Crippen LogP contribution in [0.25, 0.3) is 0 Å². The molecule has 1 heteroatoms. The van der Waals surface area contributed by atoms with Gasteiger partial charge in [0.2, 0.25) is 0 Å². The van der Waals surface area contributed by atoms with E-state index in [-0.39, 0.29) is 17.1 Å². The van der Waals surface area contributed by atoms with E-state index in [0.717, 1.165) is 12.8 Å². The van der Waals surface area contributed by atoms with E-state index in [1.54, 1.807) is 11.1 Å². The molecule has 0 fully saturated rings. The zero-order valence-electron chi connectivity index (χ0n) is 18.4. The molecule has 0 radical (unpaired) electrons. The average Bonchev–Trinajstić information content (AvgIpc) is 3.30. The van der Waals surface area contributed by atoms with Crippen molar-refractivity contribution in [3.05, 3.63) is 46.6 Å². The van der Waals surface area contributed by atoms with Gasteiger partial charge < -0.3 is 0 Å². The van der Waals surface area contributed by atoms with Crippen molar-refractivity contribution in [1.29, 1.82) is 0 Å². The summed E-state index contributed by atoms with van der Waals surface area (Å²) in [5.74, 6) is 0. The fourth-order valence-corrected chi connectivity index (χ4v) is 3.51. The Morgan fingerprint density at radius 2 is 0.926 bits per heavy atom. The fraction of sp³-hybridized carbons (Fsp3) is 0.692. The first-order chi connectivity index (χ1) is 12.8. The molecular weight excluding hydrogens is 368 g/mol. The molecule has 0 nitrogen and oxygen atoms in total. The standard InChI is InChI=1S/2C13H21.Fe/c2*1-3-5-8-12-10-7-11-13(12)9-6-4-2;/h2*10H,3-9H2,1-2H3;/q2*-1;+2. The zero-order chi connectivity index (χ0) is 19.0. The molecular formula is C26H42Fe. The Morgan fingerprint density at radius 1 is 0.593 bits per heavy atom. The summed E-state index contributed by atoms with van der Waals surface area (Å²) in [4.78, 5) is 0. The van der Waals surface area contributed by atoms with Gasteiger partial charge in [0.05, 0.1) is 0 Å². The molecule has 0 aromatic rings. The van der Waals surface area contributed by atoms with Crippen molar-refractivity contribution in [1.82, 2.24) is 0 Å². The van der Waals surface area contributed by atoms with Crippen molar-refractivity contribution in [3.63, 3.8) is 0 Å². The second-order valence-electron chi connectivity index (χ2n) is 7.59. The minimum atomic E-state index is 0. The van der Waals surface area contributed by atoms with Gasteiger partial charge in [0, 0.05) is 0 Å². The van der Waals surface area contributed by atoms with Crippen LogP contribution in [0, 0.1) is 12.2 Å². The van der Waals surface area contributed by atoms with Gasteiger partial charge >= 0.3 is 17.1 Å². The molecule has 0 N–H and O–H groups in total. The molecule has 27 heavy (non-hydrogen) atoms. The third-order valence-electron chi connectivity index (χ3n) is 5.26. The second-order valence-corrected chi connectivity index (χ2v) is 7.59. The summed E-state index contributed by atoms with van der Waals surface area (Å²) in [6, 6.07) is 0. The van der Waals surface area contributed by atoms with Crippen LogP contribution in [0.3, 0.4) is 0 Å². The van der Waals surface area contributed by atoms with Gasteiger partial charge in [-0.2, -0.15) is 23.3 Å². The van der Waals surface area contributed by atoms with Crippen LogP contribution >= 0.6 is 0 Å². The SMILES string of the molecule is CCCCC1=[C-]CC=C1CCCC.CCCCC1=[C-]CC=C1CCCC.[Fe+2]. The molecule has 0 spiro atoms. The third kappa shape index (κ3) is 11.2. The van der Waals surface area contributed by atoms with Crippen molar-refractivity contribution >= 4 is 0 Å². The number of allylic oxidation sites excluding steroid dienone is 8. The molecule has 0 aromatic carbocycles. The Morgan fingerprint density at radius 3 is 1.26 bits per heavy atom. The maximum Gasteiger partial charge on any atom is 2.00 e. The van der Waals surface area contributed by atoms with Crippen molar-refractivity contribution < 1.29 is 17.1 Å². The topological polar surface area (TPSA) is 0 Å². The number of unbranched alkanes of at least 4 members (excludes halogenated alkanes) is 4. The predicted octanol–water partition coefficient (Wildman–Crippen LogP) is 8.85. The van der Waals surface area contributed by atoms with E-state index in [1.807, 2.05) is 0 Å². The quantitative estimate of drug-likeness (QED) is 0.223. The van der Waals surface area contributed by atoms with Crippen molar-refractivity contribution in [3.8, 4) is 0 Å². The predicted molar refractivity (Wildman–Crippen MR) is 117 cm³/mol. The molecule has 0 bridgehead atoms. The molecule has 2 rings (SSSR count). The van der Waals surface area contributed by atoms with E-state index in [0.29, 0.717) is 0 Å². The Balaban J connectivity index is 0.000000483. The summed E-state index contributed by atoms with van der Waals surface area (Å²) in [6.07, 6.45) is 29.4. The largest absolute Gasteiger partial charge is 2.00 e. The Kier molecular flexibility index (Phi) is 17.2. The maximum atomic E-state index is 3.47. The van der Waals surface area contributed by atoms with Crippen LogP contribution in [0.5, 0.6) is 0 Å². The van der Waals surface area contributed by atoms with Crippen LogP contribution in [0.15, 0.2) is 34.4 Å². The molecule has 0 heterocycles. The van der Waals surface area contributed by atoms with Crippen LogP contribution in [-0.2, 0) is 17.1 Å². The number of hydrogen-bond donors (Lipinski definition) is 0. The summed E-state index contributed by atoms with van der Waals surface area (Å²) >= 11 is 0. The summed E-state index contributed by atoms with van der Waals surface area (Å²) in [5, 5.41) is 0. The molecule has 0 saturated heterocycles. The fourth-order valence-electron chi connectivity index (χ4n) is 3.51. The number of hydrogen-bond acceptors (Lipinski definition) is 0. The van der Waals surface area contributed by atoms with Crippen LogP contribution in [-0.4, -0.2) is 0 Å². The van der Waals surface area contributed by atoms with E-state index < -0.39 is 0 Å². The van der Waals surface area contributed by atoms with Gasteiger partial charge in [0.25, 0.3) is 0 Å². The Hall–Kier alpha value is -0.521. The van der Waals surface area contributed by atoms with Crippen molar-refractivity contribution in [2.24, 2.45) is 0 Å². The van der Waals surface area contributed by atoms with Gasteiger partial charge in [0.1, 0.15) is 0 Å². The van der Waals surface area contributed by atoms with Crippen LogP contribution in [0.1, 0.15) is 118 Å². The molecule has 2 aliphatic carbocycles. The monoisotopic (exact) mass is 410 g/mol. The van der Waals surface area contributed by atoms with Gasteiger partial charge in [-0.15, -0.1) is 12.8 Å². The van der Waals surface area contributed by atoms with Crippen LogP contribution in [0.4, 0.5) is 0 Å². The second kappa shape index (κ2) is 17.6. The summed E-state index contributed by atoms with van der Waals surface area (Å²) in [5.41, 5.74) is 6.23. The van der Waals surface area contributed by atoms with Crippen molar-refractivity contribution in [2.75, 3.05) is 0 Å². The van der Waals surface area contributed by atoms with E-state index >= 15 is 0 Å². The molecule has 0 atom stereocenters. The minimum absolute atomic E-state index is 0. The van der Waals surface area contributed by atoms with E-state index in [9.17, 15) is 0 Å². The maximum absolute atomic E-state index is 3.47. The first kappa shape index (κ1) is 26.5. The third-order valence-corrected chi connectivity index (χ3v) is 5.26. The van der Waals surface area contributed by atoms with Crippen LogP contribution in [0.2, 0.25) is 0 Å². The molecule has 0 aliphatic heterocycles. The zero-order valence-corrected chi connectivity index (χ0v) is 19.5. The van der Waals surface area contributed by atoms with Gasteiger partial charge in [-0.05, 0) is 0 Å². The average molecular weight is 410 g/mol. The van der Waals surface area contributed by atoms with Gasteiger partial charge in [0.15, 0.2) is 0 Å². The van der Waals surface area contributed by atoms with Crippen LogP contribution < -0.4 is 0 Å². The van der Waals surface area contributed by atoms with Gasteiger partial charge in [-0.25, -0.2) is 11.1 Å². The molecule has 0 saturated carbocycles. The molecule has 2 aliphatic rings. The molecule has 0 amide bonds. The number of rotatable bonds is 12. The van der Waals surface area contributed by atoms with E-state index in [1.165, 1.54) is 88.2 Å². The minimum Gasteiger partial charge on any atom is -0.269 e.